The largest absolute Gasteiger partial charge is 0.345 e. The van der Waals surface area contributed by atoms with Gasteiger partial charge in [0.15, 0.2) is 15.0 Å². The van der Waals surface area contributed by atoms with Gasteiger partial charge in [-0.05, 0) is 42.0 Å². The number of amides is 1. The number of hydrogen-bond donors (Lipinski definition) is 0. The number of sulfonamides is 1. The lowest BCUT2D eigenvalue weighted by atomic mass is 10.2. The number of para-hydroxylation sites is 1. The van der Waals surface area contributed by atoms with Crippen molar-refractivity contribution in [2.75, 3.05) is 43.9 Å². The van der Waals surface area contributed by atoms with Gasteiger partial charge < -0.3 is 9.80 Å². The molecule has 2 heterocycles. The summed E-state index contributed by atoms with van der Waals surface area (Å²) < 4.78 is 53.0. The second-order valence-corrected chi connectivity index (χ2v) is 14.5. The predicted molar refractivity (Wildman–Crippen MR) is 157 cm³/mol. The summed E-state index contributed by atoms with van der Waals surface area (Å²) in [4.78, 5) is 22.0. The van der Waals surface area contributed by atoms with E-state index in [1.54, 1.807) is 36.1 Å². The molecule has 0 bridgehead atoms. The van der Waals surface area contributed by atoms with E-state index in [1.165, 1.54) is 34.0 Å². The van der Waals surface area contributed by atoms with Crippen molar-refractivity contribution in [3.05, 3.63) is 83.9 Å². The van der Waals surface area contributed by atoms with Crippen LogP contribution in [0.4, 0.5) is 5.13 Å². The van der Waals surface area contributed by atoms with Gasteiger partial charge in [-0.1, -0.05) is 54.7 Å². The lowest BCUT2D eigenvalue weighted by Gasteiger charge is -2.34. The summed E-state index contributed by atoms with van der Waals surface area (Å²) in [7, 11) is -7.12. The van der Waals surface area contributed by atoms with Crippen LogP contribution < -0.4 is 4.90 Å². The fraction of sp³-hybridized carbons (Fsp3) is 0.286. The topological polar surface area (TPSA) is 108 Å². The standard InChI is InChI=1S/C28H30N4O5S3/c1-3-32(20-21-8-5-4-6-9-21)40(36,37)23-14-12-22(13-15-23)27(33)30-16-18-31(19-17-30)28-29-26-24(38-28)10-7-11-25(26)39(2,34)35/h4-15H,3,16-20H2,1-2H3. The lowest BCUT2D eigenvalue weighted by Crippen LogP contribution is -2.48. The Morgan fingerprint density at radius 3 is 2.20 bits per heavy atom. The van der Waals surface area contributed by atoms with Crippen LogP contribution in [0.25, 0.3) is 10.2 Å². The summed E-state index contributed by atoms with van der Waals surface area (Å²) in [5.41, 5.74) is 1.81. The van der Waals surface area contributed by atoms with E-state index >= 15 is 0 Å². The minimum absolute atomic E-state index is 0.149. The predicted octanol–water partition coefficient (Wildman–Crippen LogP) is 3.87. The molecule has 1 aromatic heterocycles. The van der Waals surface area contributed by atoms with Crippen LogP contribution in [0.1, 0.15) is 22.8 Å². The third kappa shape index (κ3) is 5.75. The molecular weight excluding hydrogens is 569 g/mol. The zero-order valence-corrected chi connectivity index (χ0v) is 24.7. The van der Waals surface area contributed by atoms with Crippen molar-refractivity contribution in [3.63, 3.8) is 0 Å². The van der Waals surface area contributed by atoms with E-state index in [1.807, 2.05) is 36.4 Å². The Hall–Kier alpha value is -3.32. The van der Waals surface area contributed by atoms with Crippen molar-refractivity contribution in [1.82, 2.24) is 14.2 Å². The maximum absolute atomic E-state index is 13.2. The number of fused-ring (bicyclic) bond motifs is 1. The van der Waals surface area contributed by atoms with Crippen molar-refractivity contribution in [2.45, 2.75) is 23.3 Å². The van der Waals surface area contributed by atoms with Crippen molar-refractivity contribution >= 4 is 52.5 Å². The Morgan fingerprint density at radius 2 is 1.57 bits per heavy atom. The summed E-state index contributed by atoms with van der Waals surface area (Å²) in [6.45, 7) is 4.44. The molecule has 1 aliphatic rings. The summed E-state index contributed by atoms with van der Waals surface area (Å²) in [5.74, 6) is -0.163. The number of hydrogen-bond acceptors (Lipinski definition) is 8. The van der Waals surface area contributed by atoms with Crippen molar-refractivity contribution < 1.29 is 21.6 Å². The van der Waals surface area contributed by atoms with Gasteiger partial charge in [-0.25, -0.2) is 21.8 Å². The Morgan fingerprint density at radius 1 is 0.900 bits per heavy atom. The lowest BCUT2D eigenvalue weighted by molar-refractivity contribution is 0.0746. The summed E-state index contributed by atoms with van der Waals surface area (Å²) in [5, 5.41) is 0.726. The van der Waals surface area contributed by atoms with E-state index in [-0.39, 0.29) is 22.2 Å². The van der Waals surface area contributed by atoms with E-state index in [4.69, 9.17) is 0 Å². The monoisotopic (exact) mass is 598 g/mol. The van der Waals surface area contributed by atoms with E-state index in [0.717, 1.165) is 15.4 Å². The number of carbonyl (C=O) groups excluding carboxylic acids is 1. The van der Waals surface area contributed by atoms with Gasteiger partial charge in [-0.15, -0.1) is 0 Å². The smallest absolute Gasteiger partial charge is 0.253 e. The average molecular weight is 599 g/mol. The highest BCUT2D eigenvalue weighted by molar-refractivity contribution is 7.91. The Kier molecular flexibility index (Phi) is 7.96. The van der Waals surface area contributed by atoms with Crippen LogP contribution in [-0.2, 0) is 26.4 Å². The number of thiazole rings is 1. The minimum atomic E-state index is -3.72. The quantitative estimate of drug-likeness (QED) is 0.303. The van der Waals surface area contributed by atoms with E-state index in [2.05, 4.69) is 9.88 Å². The molecule has 12 heteroatoms. The zero-order chi connectivity index (χ0) is 28.5. The SMILES string of the molecule is CCN(Cc1ccccc1)S(=O)(=O)c1ccc(C(=O)N2CCN(c3nc4c(S(C)(=O)=O)cccc4s3)CC2)cc1. The van der Waals surface area contributed by atoms with Crippen molar-refractivity contribution in [1.29, 1.82) is 0 Å². The molecule has 1 aliphatic heterocycles. The van der Waals surface area contributed by atoms with Gasteiger partial charge in [-0.2, -0.15) is 4.31 Å². The highest BCUT2D eigenvalue weighted by atomic mass is 32.2. The molecule has 0 saturated carbocycles. The molecule has 0 radical (unpaired) electrons. The van der Waals surface area contributed by atoms with Gasteiger partial charge in [-0.3, -0.25) is 4.79 Å². The molecule has 0 aliphatic carbocycles. The molecule has 40 heavy (non-hydrogen) atoms. The third-order valence-electron chi connectivity index (χ3n) is 6.90. The molecule has 1 amide bonds. The van der Waals surface area contributed by atoms with Gasteiger partial charge in [0.05, 0.1) is 14.5 Å². The maximum atomic E-state index is 13.2. The van der Waals surface area contributed by atoms with Crippen LogP contribution in [0.5, 0.6) is 0 Å². The summed E-state index contributed by atoms with van der Waals surface area (Å²) >= 11 is 1.43. The molecule has 210 valence electrons. The molecule has 3 aromatic carbocycles. The molecule has 1 saturated heterocycles. The summed E-state index contributed by atoms with van der Waals surface area (Å²) in [6, 6.07) is 20.7. The van der Waals surface area contributed by atoms with Gasteiger partial charge in [0.2, 0.25) is 10.0 Å². The van der Waals surface area contributed by atoms with Crippen LogP contribution in [0.15, 0.2) is 82.6 Å². The molecule has 1 fully saturated rings. The Balaban J connectivity index is 1.25. The average Bonchev–Trinajstić information content (AvgIpc) is 3.40. The first-order chi connectivity index (χ1) is 19.1. The van der Waals surface area contributed by atoms with Gasteiger partial charge in [0, 0.05) is 51.1 Å². The Bertz CT molecular complexity index is 1730. The second kappa shape index (κ2) is 11.3. The molecular formula is C28H30N4O5S3. The second-order valence-electron chi connectivity index (χ2n) is 9.59. The highest BCUT2D eigenvalue weighted by Gasteiger charge is 2.27. The number of piperazine rings is 1. The first-order valence-corrected chi connectivity index (χ1v) is 17.0. The van der Waals surface area contributed by atoms with Crippen LogP contribution in [0.3, 0.4) is 0 Å². The third-order valence-corrected chi connectivity index (χ3v) is 11.0. The number of aromatic nitrogens is 1. The van der Waals surface area contributed by atoms with Crippen LogP contribution in [0, 0.1) is 0 Å². The minimum Gasteiger partial charge on any atom is -0.345 e. The fourth-order valence-corrected chi connectivity index (χ4v) is 8.08. The molecule has 0 N–H and O–H groups in total. The van der Waals surface area contributed by atoms with Crippen molar-refractivity contribution in [3.8, 4) is 0 Å². The molecule has 0 unspecified atom stereocenters. The molecule has 4 aromatic rings. The summed E-state index contributed by atoms with van der Waals surface area (Å²) in [6.07, 6.45) is 1.18. The normalized spacial score (nSPS) is 14.7. The first-order valence-electron chi connectivity index (χ1n) is 12.9. The number of anilines is 1. The zero-order valence-electron chi connectivity index (χ0n) is 22.2. The Labute approximate surface area is 238 Å². The molecule has 0 atom stereocenters. The number of sulfone groups is 1. The fourth-order valence-electron chi connectivity index (χ4n) is 4.70. The van der Waals surface area contributed by atoms with Crippen LogP contribution >= 0.6 is 11.3 Å². The van der Waals surface area contributed by atoms with E-state index in [0.29, 0.717) is 43.8 Å². The van der Waals surface area contributed by atoms with E-state index < -0.39 is 19.9 Å². The van der Waals surface area contributed by atoms with Gasteiger partial charge >= 0.3 is 0 Å². The maximum Gasteiger partial charge on any atom is 0.253 e. The van der Waals surface area contributed by atoms with Gasteiger partial charge in [0.1, 0.15) is 5.52 Å². The molecule has 5 rings (SSSR count). The molecule has 9 nitrogen and oxygen atoms in total. The van der Waals surface area contributed by atoms with Crippen molar-refractivity contribution in [2.24, 2.45) is 0 Å². The van der Waals surface area contributed by atoms with E-state index in [9.17, 15) is 21.6 Å². The number of carbonyl (C=O) groups is 1. The number of benzene rings is 3. The highest BCUT2D eigenvalue weighted by Crippen LogP contribution is 2.33. The number of nitrogens with zero attached hydrogens (tertiary/aromatic N) is 4. The van der Waals surface area contributed by atoms with Crippen LogP contribution in [-0.4, -0.2) is 75.9 Å². The first kappa shape index (κ1) is 28.2. The molecule has 0 spiro atoms. The van der Waals surface area contributed by atoms with Crippen LogP contribution in [0.2, 0.25) is 0 Å². The number of rotatable bonds is 8. The van der Waals surface area contributed by atoms with Gasteiger partial charge in [0.25, 0.3) is 5.91 Å².